The molecule has 150 valence electrons. The first-order chi connectivity index (χ1) is 13.6. The van der Waals surface area contributed by atoms with Gasteiger partial charge in [0.05, 0.1) is 0 Å². The molecule has 4 heteroatoms. The largest absolute Gasteiger partial charge is 0.490 e. The standard InChI is InChI=1S/C24H29F2NO/c1-16(23-8-5-20-14-22(26)7-9-24(20)28-23)15-27-11-10-17-2-3-19-13-21(25)6-4-18(19)12-17/h4,6-7,9,13-14,16-17,23,27H,2-3,5,8,10-12,15H2,1H3. The summed E-state index contributed by atoms with van der Waals surface area (Å²) in [4.78, 5) is 0. The van der Waals surface area contributed by atoms with Gasteiger partial charge in [-0.15, -0.1) is 0 Å². The van der Waals surface area contributed by atoms with Crippen LogP contribution in [0.4, 0.5) is 8.78 Å². The van der Waals surface area contributed by atoms with Crippen LogP contribution in [0, 0.1) is 23.5 Å². The minimum absolute atomic E-state index is 0.120. The second kappa shape index (κ2) is 8.60. The molecule has 0 bridgehead atoms. The molecule has 0 radical (unpaired) electrons. The summed E-state index contributed by atoms with van der Waals surface area (Å²) in [6, 6.07) is 10.0. The van der Waals surface area contributed by atoms with Crippen molar-refractivity contribution in [2.75, 3.05) is 13.1 Å². The quantitative estimate of drug-likeness (QED) is 0.700. The third-order valence-electron chi connectivity index (χ3n) is 6.33. The Morgan fingerprint density at radius 1 is 1.00 bits per heavy atom. The highest BCUT2D eigenvalue weighted by Crippen LogP contribution is 2.31. The highest BCUT2D eigenvalue weighted by molar-refractivity contribution is 5.36. The van der Waals surface area contributed by atoms with E-state index in [2.05, 4.69) is 12.2 Å². The van der Waals surface area contributed by atoms with Crippen LogP contribution in [0.5, 0.6) is 5.75 Å². The number of hydrogen-bond acceptors (Lipinski definition) is 2. The first-order valence-corrected chi connectivity index (χ1v) is 10.5. The minimum atomic E-state index is -0.189. The maximum absolute atomic E-state index is 13.3. The monoisotopic (exact) mass is 385 g/mol. The van der Waals surface area contributed by atoms with Gasteiger partial charge in [0.15, 0.2) is 0 Å². The van der Waals surface area contributed by atoms with Crippen LogP contribution in [0.15, 0.2) is 36.4 Å². The summed E-state index contributed by atoms with van der Waals surface area (Å²) in [6.45, 7) is 4.15. The Hall–Kier alpha value is -1.94. The molecule has 4 rings (SSSR count). The van der Waals surface area contributed by atoms with Crippen molar-refractivity contribution in [2.24, 2.45) is 11.8 Å². The molecule has 3 unspecified atom stereocenters. The number of hydrogen-bond donors (Lipinski definition) is 1. The first kappa shape index (κ1) is 19.4. The Balaban J connectivity index is 1.20. The molecule has 0 spiro atoms. The second-order valence-corrected chi connectivity index (χ2v) is 8.44. The number of halogens is 2. The van der Waals surface area contributed by atoms with E-state index in [9.17, 15) is 8.78 Å². The predicted octanol–water partition coefficient (Wildman–Crippen LogP) is 5.08. The zero-order valence-electron chi connectivity index (χ0n) is 16.5. The predicted molar refractivity (Wildman–Crippen MR) is 108 cm³/mol. The van der Waals surface area contributed by atoms with Crippen molar-refractivity contribution in [1.29, 1.82) is 0 Å². The zero-order valence-corrected chi connectivity index (χ0v) is 16.5. The smallest absolute Gasteiger partial charge is 0.123 e. The van der Waals surface area contributed by atoms with Crippen LogP contribution < -0.4 is 10.1 Å². The lowest BCUT2D eigenvalue weighted by molar-refractivity contribution is 0.117. The molecule has 0 saturated heterocycles. The molecule has 28 heavy (non-hydrogen) atoms. The zero-order chi connectivity index (χ0) is 19.5. The molecule has 1 N–H and O–H groups in total. The molecule has 2 aliphatic rings. The van der Waals surface area contributed by atoms with Crippen molar-refractivity contribution in [2.45, 2.75) is 51.6 Å². The summed E-state index contributed by atoms with van der Waals surface area (Å²) in [5.74, 6) is 1.61. The lowest BCUT2D eigenvalue weighted by Gasteiger charge is -2.31. The van der Waals surface area contributed by atoms with E-state index in [4.69, 9.17) is 4.74 Å². The van der Waals surface area contributed by atoms with E-state index in [1.807, 2.05) is 6.07 Å². The normalized spacial score (nSPS) is 22.1. The first-order valence-electron chi connectivity index (χ1n) is 10.5. The Morgan fingerprint density at radius 3 is 2.61 bits per heavy atom. The van der Waals surface area contributed by atoms with Gasteiger partial charge in [-0.3, -0.25) is 0 Å². The highest BCUT2D eigenvalue weighted by Gasteiger charge is 2.25. The fourth-order valence-electron chi connectivity index (χ4n) is 4.59. The molecule has 2 aromatic carbocycles. The molecule has 0 saturated carbocycles. The van der Waals surface area contributed by atoms with Crippen LogP contribution >= 0.6 is 0 Å². The molecular weight excluding hydrogens is 356 g/mol. The van der Waals surface area contributed by atoms with Gasteiger partial charge in [0, 0.05) is 12.5 Å². The number of benzene rings is 2. The fraction of sp³-hybridized carbons (Fsp3) is 0.500. The fourth-order valence-corrected chi connectivity index (χ4v) is 4.59. The van der Waals surface area contributed by atoms with Gasteiger partial charge in [0.2, 0.25) is 0 Å². The van der Waals surface area contributed by atoms with Crippen LogP contribution in [0.2, 0.25) is 0 Å². The van der Waals surface area contributed by atoms with Gasteiger partial charge in [-0.25, -0.2) is 8.78 Å². The van der Waals surface area contributed by atoms with E-state index in [1.165, 1.54) is 17.2 Å². The van der Waals surface area contributed by atoms with Crippen molar-refractivity contribution in [3.63, 3.8) is 0 Å². The van der Waals surface area contributed by atoms with Gasteiger partial charge in [-0.2, -0.15) is 0 Å². The van der Waals surface area contributed by atoms with Crippen LogP contribution in [0.1, 0.15) is 42.9 Å². The molecule has 0 amide bonds. The summed E-state index contributed by atoms with van der Waals surface area (Å²) in [7, 11) is 0. The van der Waals surface area contributed by atoms with Crippen molar-refractivity contribution < 1.29 is 13.5 Å². The molecule has 1 aliphatic carbocycles. The number of fused-ring (bicyclic) bond motifs is 2. The van der Waals surface area contributed by atoms with E-state index in [-0.39, 0.29) is 17.7 Å². The Morgan fingerprint density at radius 2 is 1.75 bits per heavy atom. The van der Waals surface area contributed by atoms with Gasteiger partial charge in [-0.1, -0.05) is 13.0 Å². The highest BCUT2D eigenvalue weighted by atomic mass is 19.1. The maximum Gasteiger partial charge on any atom is 0.123 e. The molecule has 2 aromatic rings. The van der Waals surface area contributed by atoms with Crippen molar-refractivity contribution >= 4 is 0 Å². The summed E-state index contributed by atoms with van der Waals surface area (Å²) in [5.41, 5.74) is 3.48. The van der Waals surface area contributed by atoms with Gasteiger partial charge in [0.1, 0.15) is 23.5 Å². The number of ether oxygens (including phenoxy) is 1. The molecule has 1 aliphatic heterocycles. The Kier molecular flexibility index (Phi) is 5.96. The summed E-state index contributed by atoms with van der Waals surface area (Å²) in [6.07, 6.45) is 6.35. The molecule has 1 heterocycles. The van der Waals surface area contributed by atoms with Crippen LogP contribution in [-0.2, 0) is 19.3 Å². The van der Waals surface area contributed by atoms with Crippen molar-refractivity contribution in [1.82, 2.24) is 5.32 Å². The molecule has 0 aromatic heterocycles. The van der Waals surface area contributed by atoms with E-state index >= 15 is 0 Å². The average Bonchev–Trinajstić information content (AvgIpc) is 2.70. The summed E-state index contributed by atoms with van der Waals surface area (Å²) < 4.78 is 32.8. The lowest BCUT2D eigenvalue weighted by Crippen LogP contribution is -2.36. The van der Waals surface area contributed by atoms with Crippen LogP contribution in [0.25, 0.3) is 0 Å². The Bertz CT molecular complexity index is 822. The maximum atomic E-state index is 13.3. The third kappa shape index (κ3) is 4.54. The van der Waals surface area contributed by atoms with E-state index in [1.54, 1.807) is 24.3 Å². The average molecular weight is 385 g/mol. The SMILES string of the molecule is CC(CNCCC1CCc2cc(F)ccc2C1)C1CCc2cc(F)ccc2O1. The second-order valence-electron chi connectivity index (χ2n) is 8.44. The Labute approximate surface area is 166 Å². The van der Waals surface area contributed by atoms with Gasteiger partial charge in [-0.05, 0) is 98.0 Å². The summed E-state index contributed by atoms with van der Waals surface area (Å²) in [5, 5.41) is 3.60. The molecule has 3 atom stereocenters. The molecule has 0 fully saturated rings. The summed E-state index contributed by atoms with van der Waals surface area (Å²) >= 11 is 0. The van der Waals surface area contributed by atoms with Crippen molar-refractivity contribution in [3.8, 4) is 5.75 Å². The van der Waals surface area contributed by atoms with E-state index in [0.717, 1.165) is 62.9 Å². The van der Waals surface area contributed by atoms with Crippen LogP contribution in [0.3, 0.4) is 0 Å². The van der Waals surface area contributed by atoms with Gasteiger partial charge < -0.3 is 10.1 Å². The van der Waals surface area contributed by atoms with E-state index in [0.29, 0.717) is 11.8 Å². The number of rotatable bonds is 6. The minimum Gasteiger partial charge on any atom is -0.490 e. The van der Waals surface area contributed by atoms with Gasteiger partial charge in [0.25, 0.3) is 0 Å². The number of nitrogens with one attached hydrogen (secondary N) is 1. The van der Waals surface area contributed by atoms with E-state index < -0.39 is 0 Å². The lowest BCUT2D eigenvalue weighted by atomic mass is 9.82. The topological polar surface area (TPSA) is 21.3 Å². The van der Waals surface area contributed by atoms with Crippen LogP contribution in [-0.4, -0.2) is 19.2 Å². The third-order valence-corrected chi connectivity index (χ3v) is 6.33. The molecular formula is C24H29F2NO. The van der Waals surface area contributed by atoms with Crippen molar-refractivity contribution in [3.05, 3.63) is 64.7 Å². The molecule has 2 nitrogen and oxygen atoms in total. The number of aryl methyl sites for hydroxylation is 2. The van der Waals surface area contributed by atoms with Gasteiger partial charge >= 0.3 is 0 Å².